The number of nitrogens with one attached hydrogen (secondary N) is 1. The Morgan fingerprint density at radius 1 is 0.944 bits per heavy atom. The average Bonchev–Trinajstić information content (AvgIpc) is 2.85. The molecule has 1 saturated heterocycles. The molecule has 0 unspecified atom stereocenters. The molecule has 0 saturated carbocycles. The number of aryl methyl sites for hydroxylation is 2. The van der Waals surface area contributed by atoms with Crippen molar-refractivity contribution < 1.29 is 4.79 Å². The molecule has 8 nitrogen and oxygen atoms in total. The van der Waals surface area contributed by atoms with E-state index in [1.54, 1.807) is 4.90 Å². The Labute approximate surface area is 213 Å². The number of para-hydroxylation sites is 1. The molecule has 3 heterocycles. The highest BCUT2D eigenvalue weighted by Crippen LogP contribution is 2.35. The number of aromatic nitrogens is 2. The summed E-state index contributed by atoms with van der Waals surface area (Å²) < 4.78 is 0. The van der Waals surface area contributed by atoms with Gasteiger partial charge in [0.05, 0.1) is 12.2 Å². The van der Waals surface area contributed by atoms with Crippen LogP contribution in [0.2, 0.25) is 0 Å². The molecule has 3 aromatic rings. The van der Waals surface area contributed by atoms with Gasteiger partial charge in [0, 0.05) is 55.4 Å². The smallest absolute Gasteiger partial charge is 0.330 e. The van der Waals surface area contributed by atoms with Crippen LogP contribution in [0.1, 0.15) is 30.5 Å². The maximum Gasteiger partial charge on any atom is 0.330 e. The number of nitrogens with zero attached hydrogens (tertiary/aromatic N) is 6. The first-order valence-corrected chi connectivity index (χ1v) is 12.7. The number of amides is 2. The molecular weight excluding hydrogens is 450 g/mol. The lowest BCUT2D eigenvalue weighted by Crippen LogP contribution is -2.51. The zero-order valence-corrected chi connectivity index (χ0v) is 21.8. The van der Waals surface area contributed by atoms with Crippen LogP contribution < -0.4 is 20.0 Å². The van der Waals surface area contributed by atoms with Crippen molar-refractivity contribution in [2.75, 3.05) is 53.2 Å². The molecule has 0 atom stereocenters. The predicted molar refractivity (Wildman–Crippen MR) is 147 cm³/mol. The van der Waals surface area contributed by atoms with Gasteiger partial charge < -0.3 is 15.1 Å². The average molecular weight is 486 g/mol. The van der Waals surface area contributed by atoms with Gasteiger partial charge in [-0.15, -0.1) is 0 Å². The van der Waals surface area contributed by atoms with Gasteiger partial charge in [-0.3, -0.25) is 9.80 Å². The molecule has 0 radical (unpaired) electrons. The van der Waals surface area contributed by atoms with E-state index in [4.69, 9.17) is 4.98 Å². The molecular formula is C28H35N7O. The second-order valence-corrected chi connectivity index (χ2v) is 10.1. The number of likely N-dealkylation sites (N-methyl/N-ethyl adjacent to an activating group) is 1. The summed E-state index contributed by atoms with van der Waals surface area (Å²) in [5.41, 5.74) is 6.19. The zero-order valence-electron chi connectivity index (χ0n) is 21.8. The number of hydrogen-bond donors (Lipinski definition) is 1. The van der Waals surface area contributed by atoms with Crippen LogP contribution in [0.3, 0.4) is 0 Å². The van der Waals surface area contributed by atoms with Gasteiger partial charge in [0.15, 0.2) is 0 Å². The van der Waals surface area contributed by atoms with Crippen molar-refractivity contribution in [1.82, 2.24) is 14.9 Å². The molecule has 0 bridgehead atoms. The normalized spacial score (nSPS) is 16.5. The van der Waals surface area contributed by atoms with Crippen molar-refractivity contribution >= 4 is 34.9 Å². The number of carbonyl (C=O) groups excluding carboxylic acids is 1. The Morgan fingerprint density at radius 2 is 1.61 bits per heavy atom. The molecule has 1 aromatic heterocycles. The molecule has 36 heavy (non-hydrogen) atoms. The number of rotatable bonds is 5. The van der Waals surface area contributed by atoms with Gasteiger partial charge >= 0.3 is 6.03 Å². The van der Waals surface area contributed by atoms with Crippen molar-refractivity contribution in [2.24, 2.45) is 0 Å². The Hall–Kier alpha value is -3.65. The highest BCUT2D eigenvalue weighted by atomic mass is 16.2. The van der Waals surface area contributed by atoms with E-state index in [-0.39, 0.29) is 12.1 Å². The lowest BCUT2D eigenvalue weighted by Gasteiger charge is -2.39. The van der Waals surface area contributed by atoms with Crippen LogP contribution in [0.4, 0.5) is 33.6 Å². The van der Waals surface area contributed by atoms with E-state index >= 15 is 0 Å². The minimum absolute atomic E-state index is 0.0472. The molecule has 2 aliphatic rings. The SMILES string of the molecule is Cc1cccc(C)c1N1Cc2cnc(Nc3ccc(N4CCN(C)CC4)cc3)nc2N(C(C)C)C1=O. The molecule has 2 amide bonds. The van der Waals surface area contributed by atoms with Crippen LogP contribution in [-0.2, 0) is 6.54 Å². The first-order chi connectivity index (χ1) is 17.3. The molecule has 1 fully saturated rings. The fourth-order valence-corrected chi connectivity index (χ4v) is 5.06. The fraction of sp³-hybridized carbons (Fsp3) is 0.393. The van der Waals surface area contributed by atoms with Crippen molar-refractivity contribution in [3.8, 4) is 0 Å². The van der Waals surface area contributed by atoms with E-state index in [0.717, 1.165) is 54.2 Å². The summed E-state index contributed by atoms with van der Waals surface area (Å²) in [6.45, 7) is 12.8. The van der Waals surface area contributed by atoms with E-state index < -0.39 is 0 Å². The van der Waals surface area contributed by atoms with Gasteiger partial charge in [0.2, 0.25) is 5.95 Å². The lowest BCUT2D eigenvalue weighted by molar-refractivity contribution is 0.248. The molecule has 1 N–H and O–H groups in total. The van der Waals surface area contributed by atoms with E-state index in [1.807, 2.05) is 57.0 Å². The second-order valence-electron chi connectivity index (χ2n) is 10.1. The molecule has 8 heteroatoms. The summed E-state index contributed by atoms with van der Waals surface area (Å²) in [6, 6.07) is 14.4. The van der Waals surface area contributed by atoms with Crippen LogP contribution >= 0.6 is 0 Å². The monoisotopic (exact) mass is 485 g/mol. The van der Waals surface area contributed by atoms with Gasteiger partial charge in [-0.1, -0.05) is 18.2 Å². The number of anilines is 5. The molecule has 0 spiro atoms. The second kappa shape index (κ2) is 9.78. The van der Waals surface area contributed by atoms with E-state index in [0.29, 0.717) is 18.3 Å². The minimum atomic E-state index is -0.0592. The highest BCUT2D eigenvalue weighted by molar-refractivity contribution is 6.06. The Bertz CT molecular complexity index is 1230. The topological polar surface area (TPSA) is 67.8 Å². The lowest BCUT2D eigenvalue weighted by atomic mass is 10.1. The Morgan fingerprint density at radius 3 is 2.25 bits per heavy atom. The summed E-state index contributed by atoms with van der Waals surface area (Å²) in [4.78, 5) is 31.5. The van der Waals surface area contributed by atoms with Crippen molar-refractivity contribution in [1.29, 1.82) is 0 Å². The van der Waals surface area contributed by atoms with Gasteiger partial charge in [-0.25, -0.2) is 9.78 Å². The minimum Gasteiger partial charge on any atom is -0.369 e. The third-order valence-corrected chi connectivity index (χ3v) is 7.05. The summed E-state index contributed by atoms with van der Waals surface area (Å²) in [6.07, 6.45) is 1.84. The standard InChI is InChI=1S/C28H35N7O/c1-19(2)35-26-22(18-34(28(35)36)25-20(3)7-6-8-21(25)4)17-29-27(31-26)30-23-9-11-24(12-10-23)33-15-13-32(5)14-16-33/h6-12,17,19H,13-16,18H2,1-5H3,(H,29,30,31). The van der Waals surface area contributed by atoms with Crippen molar-refractivity contribution in [3.05, 3.63) is 65.4 Å². The van der Waals surface area contributed by atoms with Crippen LogP contribution in [0.5, 0.6) is 0 Å². The van der Waals surface area contributed by atoms with Crippen molar-refractivity contribution in [2.45, 2.75) is 40.3 Å². The third kappa shape index (κ3) is 4.60. The molecule has 188 valence electrons. The Balaban J connectivity index is 1.39. The Kier molecular flexibility index (Phi) is 6.53. The number of benzene rings is 2. The van der Waals surface area contributed by atoms with Crippen LogP contribution in [0.25, 0.3) is 0 Å². The van der Waals surface area contributed by atoms with E-state index in [9.17, 15) is 4.79 Å². The first kappa shape index (κ1) is 24.1. The number of fused-ring (bicyclic) bond motifs is 1. The molecule has 2 aliphatic heterocycles. The van der Waals surface area contributed by atoms with Crippen LogP contribution in [0.15, 0.2) is 48.7 Å². The first-order valence-electron chi connectivity index (χ1n) is 12.7. The summed E-state index contributed by atoms with van der Waals surface area (Å²) in [5.74, 6) is 1.16. The zero-order chi connectivity index (χ0) is 25.4. The molecule has 0 aliphatic carbocycles. The van der Waals surface area contributed by atoms with Gasteiger partial charge in [-0.2, -0.15) is 4.98 Å². The van der Waals surface area contributed by atoms with Gasteiger partial charge in [0.1, 0.15) is 5.82 Å². The number of carbonyl (C=O) groups is 1. The predicted octanol–water partition coefficient (Wildman–Crippen LogP) is 4.94. The molecule has 2 aromatic carbocycles. The number of piperazine rings is 1. The van der Waals surface area contributed by atoms with Gasteiger partial charge in [-0.05, 0) is 70.1 Å². The summed E-state index contributed by atoms with van der Waals surface area (Å²) >= 11 is 0. The third-order valence-electron chi connectivity index (χ3n) is 7.05. The number of urea groups is 1. The summed E-state index contributed by atoms with van der Waals surface area (Å²) in [5, 5.41) is 3.33. The maximum absolute atomic E-state index is 13.7. The van der Waals surface area contributed by atoms with E-state index in [1.165, 1.54) is 5.69 Å². The van der Waals surface area contributed by atoms with Crippen LogP contribution in [-0.4, -0.2) is 60.2 Å². The molecule has 5 rings (SSSR count). The highest BCUT2D eigenvalue weighted by Gasteiger charge is 2.35. The van der Waals surface area contributed by atoms with Crippen LogP contribution in [0, 0.1) is 13.8 Å². The maximum atomic E-state index is 13.7. The quantitative estimate of drug-likeness (QED) is 0.552. The number of hydrogen-bond acceptors (Lipinski definition) is 6. The summed E-state index contributed by atoms with van der Waals surface area (Å²) in [7, 11) is 2.16. The van der Waals surface area contributed by atoms with E-state index in [2.05, 4.69) is 51.4 Å². The fourth-order valence-electron chi connectivity index (χ4n) is 5.06. The largest absolute Gasteiger partial charge is 0.369 e. The van der Waals surface area contributed by atoms with Gasteiger partial charge in [0.25, 0.3) is 0 Å². The van der Waals surface area contributed by atoms with Crippen molar-refractivity contribution in [3.63, 3.8) is 0 Å².